The number of aliphatic hydroxyl groups is 1. The number of ether oxygens (including phenoxy) is 1. The molecule has 0 amide bonds. The van der Waals surface area contributed by atoms with Gasteiger partial charge in [-0.05, 0) is 55.5 Å². The Labute approximate surface area is 216 Å². The normalized spacial score (nSPS) is 13.0. The van der Waals surface area contributed by atoms with Gasteiger partial charge in [-0.3, -0.25) is 4.68 Å². The summed E-state index contributed by atoms with van der Waals surface area (Å²) in [6, 6.07) is 14.3. The number of pyridine rings is 1. The first-order valence-corrected chi connectivity index (χ1v) is 12.3. The molecule has 3 heterocycles. The smallest absolute Gasteiger partial charge is 0.143 e. The molecular weight excluding hydrogens is 464 g/mol. The van der Waals surface area contributed by atoms with E-state index in [1.165, 1.54) is 0 Å². The van der Waals surface area contributed by atoms with Crippen LogP contribution in [-0.2, 0) is 13.6 Å². The highest BCUT2D eigenvalue weighted by molar-refractivity contribution is 5.89. The van der Waals surface area contributed by atoms with Gasteiger partial charge in [-0.15, -0.1) is 0 Å². The highest BCUT2D eigenvalue weighted by Gasteiger charge is 2.19. The number of benzene rings is 2. The molecule has 1 atom stereocenters. The van der Waals surface area contributed by atoms with Crippen molar-refractivity contribution in [3.63, 3.8) is 0 Å². The van der Waals surface area contributed by atoms with E-state index >= 15 is 0 Å². The zero-order chi connectivity index (χ0) is 26.2. The van der Waals surface area contributed by atoms with Crippen LogP contribution in [0, 0.1) is 6.92 Å². The van der Waals surface area contributed by atoms with E-state index in [9.17, 15) is 5.11 Å². The summed E-state index contributed by atoms with van der Waals surface area (Å²) >= 11 is 0. The first-order chi connectivity index (χ1) is 17.8. The minimum absolute atomic E-state index is 0.454. The second-order valence-corrected chi connectivity index (χ2v) is 9.70. The second-order valence-electron chi connectivity index (χ2n) is 9.70. The fourth-order valence-electron chi connectivity index (χ4n) is 4.31. The number of rotatable bonds is 8. The maximum Gasteiger partial charge on any atom is 0.143 e. The summed E-state index contributed by atoms with van der Waals surface area (Å²) in [5.41, 5.74) is 4.16. The van der Waals surface area contributed by atoms with Crippen LogP contribution in [0.4, 0.5) is 11.5 Å². The maximum atomic E-state index is 10.4. The molecule has 0 spiro atoms. The van der Waals surface area contributed by atoms with Gasteiger partial charge in [-0.1, -0.05) is 25.1 Å². The molecule has 0 saturated carbocycles. The topological polar surface area (TPSA) is 90.0 Å². The summed E-state index contributed by atoms with van der Waals surface area (Å²) < 4.78 is 9.54. The summed E-state index contributed by atoms with van der Waals surface area (Å²) in [5, 5.41) is 20.3. The van der Waals surface area contributed by atoms with Crippen LogP contribution in [0.25, 0.3) is 33.2 Å². The zero-order valence-corrected chi connectivity index (χ0v) is 21.9. The Morgan fingerprint density at radius 1 is 0.973 bits per heavy atom. The van der Waals surface area contributed by atoms with Crippen LogP contribution < -0.4 is 10.1 Å². The molecule has 8 nitrogen and oxygen atoms in total. The average Bonchev–Trinajstić information content (AvgIpc) is 3.49. The lowest BCUT2D eigenvalue weighted by molar-refractivity contribution is 0.0345. The molecule has 190 valence electrons. The van der Waals surface area contributed by atoms with Gasteiger partial charge in [0.25, 0.3) is 0 Å². The van der Waals surface area contributed by atoms with Crippen LogP contribution in [0.3, 0.4) is 0 Å². The third-order valence-corrected chi connectivity index (χ3v) is 6.93. The van der Waals surface area contributed by atoms with Gasteiger partial charge in [0.1, 0.15) is 17.4 Å². The molecule has 2 N–H and O–H groups in total. The molecule has 0 aliphatic rings. The SMILES string of the molecule is CCC(C)(O)Cn1cc(-c2ccc3cnc(Nc4ccc(-c5cnc(C)n5C)cc4OC)cc3c2)cn1. The van der Waals surface area contributed by atoms with Crippen LogP contribution in [0.5, 0.6) is 5.75 Å². The molecule has 1 unspecified atom stereocenters. The molecule has 0 bridgehead atoms. The standard InChI is InChI=1S/C29H32N6O2/c1-6-29(3,36)18-35-17-24(15-32-35)20-7-8-22-14-31-28(13-23(22)11-20)33-25-10-9-21(12-27(25)37-5)26-16-30-19(2)34(26)4/h7-17,36H,6,18H2,1-5H3,(H,31,33). The summed E-state index contributed by atoms with van der Waals surface area (Å²) in [6.45, 7) is 6.24. The van der Waals surface area contributed by atoms with E-state index in [-0.39, 0.29) is 0 Å². The number of nitrogens with one attached hydrogen (secondary N) is 1. The summed E-state index contributed by atoms with van der Waals surface area (Å²) in [4.78, 5) is 9.00. The Morgan fingerprint density at radius 2 is 1.78 bits per heavy atom. The highest BCUT2D eigenvalue weighted by Crippen LogP contribution is 2.33. The Balaban J connectivity index is 1.41. The van der Waals surface area contributed by atoms with Crippen molar-refractivity contribution in [1.82, 2.24) is 24.3 Å². The molecule has 0 aliphatic heterocycles. The quantitative estimate of drug-likeness (QED) is 0.286. The predicted molar refractivity (Wildman–Crippen MR) is 147 cm³/mol. The monoisotopic (exact) mass is 496 g/mol. The number of fused-ring (bicyclic) bond motifs is 1. The molecule has 37 heavy (non-hydrogen) atoms. The minimum atomic E-state index is -0.783. The molecule has 0 fully saturated rings. The summed E-state index contributed by atoms with van der Waals surface area (Å²) in [6.07, 6.45) is 8.21. The number of nitrogens with zero attached hydrogens (tertiary/aromatic N) is 5. The molecule has 2 aromatic carbocycles. The largest absolute Gasteiger partial charge is 0.495 e. The van der Waals surface area contributed by atoms with E-state index < -0.39 is 5.60 Å². The molecule has 5 aromatic rings. The molecule has 8 heteroatoms. The van der Waals surface area contributed by atoms with Gasteiger partial charge in [0, 0.05) is 36.0 Å². The lowest BCUT2D eigenvalue weighted by atomic mass is 10.0. The predicted octanol–water partition coefficient (Wildman–Crippen LogP) is 5.72. The Bertz CT molecular complexity index is 1570. The number of hydrogen-bond donors (Lipinski definition) is 2. The van der Waals surface area contributed by atoms with E-state index in [0.29, 0.717) is 13.0 Å². The third-order valence-electron chi connectivity index (χ3n) is 6.93. The van der Waals surface area contributed by atoms with E-state index in [1.807, 2.05) is 76.9 Å². The van der Waals surface area contributed by atoms with Crippen LogP contribution in [0.1, 0.15) is 26.1 Å². The van der Waals surface area contributed by atoms with Crippen molar-refractivity contribution in [2.24, 2.45) is 7.05 Å². The van der Waals surface area contributed by atoms with E-state index in [0.717, 1.165) is 56.2 Å². The molecular formula is C29H32N6O2. The number of imidazole rings is 1. The summed E-state index contributed by atoms with van der Waals surface area (Å²) in [5.74, 6) is 2.40. The molecule has 0 aliphatic carbocycles. The Morgan fingerprint density at radius 3 is 2.51 bits per heavy atom. The van der Waals surface area contributed by atoms with Crippen LogP contribution in [0.2, 0.25) is 0 Å². The average molecular weight is 497 g/mol. The molecule has 0 radical (unpaired) electrons. The van der Waals surface area contributed by atoms with Gasteiger partial charge in [0.2, 0.25) is 0 Å². The van der Waals surface area contributed by atoms with Gasteiger partial charge in [-0.25, -0.2) is 9.97 Å². The van der Waals surface area contributed by atoms with E-state index in [1.54, 1.807) is 11.8 Å². The molecule has 5 rings (SSSR count). The third kappa shape index (κ3) is 5.06. The number of methoxy groups -OCH3 is 1. The van der Waals surface area contributed by atoms with Crippen molar-refractivity contribution in [2.45, 2.75) is 39.3 Å². The van der Waals surface area contributed by atoms with Gasteiger partial charge in [0.15, 0.2) is 0 Å². The lowest BCUT2D eigenvalue weighted by Crippen LogP contribution is -2.29. The van der Waals surface area contributed by atoms with Crippen LogP contribution >= 0.6 is 0 Å². The number of anilines is 2. The Hall–Kier alpha value is -4.17. The van der Waals surface area contributed by atoms with Crippen LogP contribution in [0.15, 0.2) is 67.3 Å². The van der Waals surface area contributed by atoms with E-state index in [2.05, 4.69) is 43.1 Å². The number of aromatic nitrogens is 5. The fraction of sp³-hybridized carbons (Fsp3) is 0.276. The number of hydrogen-bond acceptors (Lipinski definition) is 6. The number of aryl methyl sites for hydroxylation is 1. The first kappa shape index (κ1) is 24.5. The van der Waals surface area contributed by atoms with Crippen molar-refractivity contribution in [1.29, 1.82) is 0 Å². The van der Waals surface area contributed by atoms with Crippen LogP contribution in [-0.4, -0.2) is 42.1 Å². The van der Waals surface area contributed by atoms with Gasteiger partial charge in [0.05, 0.1) is 43.0 Å². The molecule has 0 saturated heterocycles. The first-order valence-electron chi connectivity index (χ1n) is 12.3. The lowest BCUT2D eigenvalue weighted by Gasteiger charge is -2.20. The van der Waals surface area contributed by atoms with Gasteiger partial charge >= 0.3 is 0 Å². The van der Waals surface area contributed by atoms with Gasteiger partial charge < -0.3 is 19.7 Å². The van der Waals surface area contributed by atoms with Gasteiger partial charge in [-0.2, -0.15) is 5.10 Å². The fourth-order valence-corrected chi connectivity index (χ4v) is 4.31. The zero-order valence-electron chi connectivity index (χ0n) is 21.9. The van der Waals surface area contributed by atoms with Crippen molar-refractivity contribution < 1.29 is 9.84 Å². The maximum absolute atomic E-state index is 10.4. The highest BCUT2D eigenvalue weighted by atomic mass is 16.5. The van der Waals surface area contributed by atoms with Crippen molar-refractivity contribution in [2.75, 3.05) is 12.4 Å². The second kappa shape index (κ2) is 9.71. The van der Waals surface area contributed by atoms with Crippen molar-refractivity contribution in [3.8, 4) is 28.1 Å². The molecule has 3 aromatic heterocycles. The van der Waals surface area contributed by atoms with Crippen molar-refractivity contribution in [3.05, 3.63) is 73.1 Å². The van der Waals surface area contributed by atoms with Crippen molar-refractivity contribution >= 4 is 22.3 Å². The summed E-state index contributed by atoms with van der Waals surface area (Å²) in [7, 11) is 3.67. The minimum Gasteiger partial charge on any atom is -0.495 e. The Kier molecular flexibility index (Phi) is 6.43. The van der Waals surface area contributed by atoms with E-state index in [4.69, 9.17) is 4.74 Å².